The van der Waals surface area contributed by atoms with E-state index < -0.39 is 6.04 Å². The molecule has 0 unspecified atom stereocenters. The lowest BCUT2D eigenvalue weighted by atomic mass is 9.99. The maximum Gasteiger partial charge on any atom is 0.223 e. The number of nitriles is 1. The van der Waals surface area contributed by atoms with Crippen LogP contribution in [0.15, 0.2) is 0 Å². The van der Waals surface area contributed by atoms with Crippen molar-refractivity contribution in [2.45, 2.75) is 18.9 Å². The Hall–Kier alpha value is -1.12. The summed E-state index contributed by atoms with van der Waals surface area (Å²) in [4.78, 5) is 11.1. The molecular formula is C8H12N3O2-. The van der Waals surface area contributed by atoms with Crippen LogP contribution in [0.1, 0.15) is 12.8 Å². The SMILES string of the molecule is CN([O-])[C@H](C#N)C[C@@H]1CCNC1=O. The van der Waals surface area contributed by atoms with Gasteiger partial charge in [0.05, 0.1) is 12.1 Å². The van der Waals surface area contributed by atoms with Crippen LogP contribution in [0, 0.1) is 22.5 Å². The maximum atomic E-state index is 11.1. The summed E-state index contributed by atoms with van der Waals surface area (Å²) in [7, 11) is 1.31. The largest absolute Gasteiger partial charge is 0.784 e. The van der Waals surface area contributed by atoms with Crippen LogP contribution in [-0.2, 0) is 4.79 Å². The summed E-state index contributed by atoms with van der Waals surface area (Å²) in [6, 6.07) is 1.18. The molecule has 1 heterocycles. The van der Waals surface area contributed by atoms with E-state index in [-0.39, 0.29) is 11.8 Å². The van der Waals surface area contributed by atoms with Crippen molar-refractivity contribution in [2.24, 2.45) is 5.92 Å². The number of nitrogens with one attached hydrogen (secondary N) is 1. The number of hydrogen-bond acceptors (Lipinski definition) is 4. The Bertz CT molecular complexity index is 234. The Kier molecular flexibility index (Phi) is 3.23. The number of rotatable bonds is 3. The topological polar surface area (TPSA) is 79.2 Å². The van der Waals surface area contributed by atoms with E-state index in [9.17, 15) is 10.0 Å². The van der Waals surface area contributed by atoms with Crippen molar-refractivity contribution in [2.75, 3.05) is 13.6 Å². The fourth-order valence-electron chi connectivity index (χ4n) is 1.42. The quantitative estimate of drug-likeness (QED) is 0.615. The molecule has 0 spiro atoms. The van der Waals surface area contributed by atoms with Crippen LogP contribution >= 0.6 is 0 Å². The van der Waals surface area contributed by atoms with Gasteiger partial charge >= 0.3 is 0 Å². The number of carbonyl (C=O) groups is 1. The molecule has 0 aromatic rings. The molecule has 0 aliphatic carbocycles. The van der Waals surface area contributed by atoms with Crippen LogP contribution in [0.25, 0.3) is 0 Å². The molecule has 5 nitrogen and oxygen atoms in total. The molecule has 1 fully saturated rings. The monoisotopic (exact) mass is 182 g/mol. The summed E-state index contributed by atoms with van der Waals surface area (Å²) in [5.74, 6) is -0.205. The van der Waals surface area contributed by atoms with E-state index in [1.807, 2.05) is 6.07 Å². The average molecular weight is 182 g/mol. The molecule has 2 atom stereocenters. The van der Waals surface area contributed by atoms with Crippen LogP contribution in [0.4, 0.5) is 0 Å². The van der Waals surface area contributed by atoms with Crippen molar-refractivity contribution in [3.05, 3.63) is 5.21 Å². The summed E-state index contributed by atoms with van der Waals surface area (Å²) in [5, 5.41) is 22.7. The van der Waals surface area contributed by atoms with Crippen molar-refractivity contribution in [3.63, 3.8) is 0 Å². The van der Waals surface area contributed by atoms with E-state index in [0.717, 1.165) is 6.42 Å². The van der Waals surface area contributed by atoms with Gasteiger partial charge in [0, 0.05) is 12.5 Å². The van der Waals surface area contributed by atoms with Crippen LogP contribution < -0.4 is 5.32 Å². The van der Waals surface area contributed by atoms with Crippen molar-refractivity contribution in [1.29, 1.82) is 5.26 Å². The van der Waals surface area contributed by atoms with Crippen LogP contribution in [0.5, 0.6) is 0 Å². The van der Waals surface area contributed by atoms with E-state index in [0.29, 0.717) is 18.0 Å². The van der Waals surface area contributed by atoms with Crippen LogP contribution in [0.3, 0.4) is 0 Å². The lowest BCUT2D eigenvalue weighted by Crippen LogP contribution is -2.30. The first-order valence-electron chi connectivity index (χ1n) is 4.22. The first-order valence-corrected chi connectivity index (χ1v) is 4.22. The molecule has 5 heteroatoms. The minimum Gasteiger partial charge on any atom is -0.784 e. The Morgan fingerprint density at radius 3 is 3.00 bits per heavy atom. The van der Waals surface area contributed by atoms with Gasteiger partial charge in [-0.1, -0.05) is 0 Å². The number of hydroxylamine groups is 2. The number of carbonyl (C=O) groups excluding carboxylic acids is 1. The van der Waals surface area contributed by atoms with E-state index in [1.54, 1.807) is 0 Å². The zero-order chi connectivity index (χ0) is 9.84. The predicted octanol–water partition coefficient (Wildman–Crippen LogP) is -0.166. The highest BCUT2D eigenvalue weighted by Crippen LogP contribution is 2.17. The number of amides is 1. The second-order valence-electron chi connectivity index (χ2n) is 3.20. The fourth-order valence-corrected chi connectivity index (χ4v) is 1.42. The molecule has 1 aliphatic heterocycles. The highest BCUT2D eigenvalue weighted by atomic mass is 16.5. The number of nitrogens with zero attached hydrogens (tertiary/aromatic N) is 2. The lowest BCUT2D eigenvalue weighted by molar-refractivity contribution is -0.122. The zero-order valence-corrected chi connectivity index (χ0v) is 7.49. The Labute approximate surface area is 76.9 Å². The summed E-state index contributed by atoms with van der Waals surface area (Å²) in [6.45, 7) is 0.657. The van der Waals surface area contributed by atoms with Gasteiger partial charge in [-0.3, -0.25) is 4.79 Å². The molecule has 1 rings (SSSR count). The van der Waals surface area contributed by atoms with Gasteiger partial charge < -0.3 is 15.6 Å². The minimum atomic E-state index is -0.700. The van der Waals surface area contributed by atoms with E-state index in [4.69, 9.17) is 5.26 Å². The molecule has 0 aromatic heterocycles. The standard InChI is InChI=1S/C8H12N3O2/c1-11(13)7(5-9)4-6-2-3-10-8(6)12/h6-7H,2-4H2,1H3,(H,10,12)/q-1/t6-,7-/m0/s1. The Morgan fingerprint density at radius 1 is 1.92 bits per heavy atom. The molecule has 1 N–H and O–H groups in total. The second kappa shape index (κ2) is 4.21. The molecule has 1 aliphatic rings. The summed E-state index contributed by atoms with van der Waals surface area (Å²) >= 11 is 0. The third-order valence-corrected chi connectivity index (χ3v) is 2.26. The highest BCUT2D eigenvalue weighted by Gasteiger charge is 2.26. The third kappa shape index (κ3) is 2.41. The molecule has 0 saturated carbocycles. The van der Waals surface area contributed by atoms with E-state index in [1.165, 1.54) is 7.05 Å². The van der Waals surface area contributed by atoms with Gasteiger partial charge in [0.2, 0.25) is 5.91 Å². The first-order chi connectivity index (χ1) is 6.15. The van der Waals surface area contributed by atoms with Crippen molar-refractivity contribution < 1.29 is 4.79 Å². The zero-order valence-electron chi connectivity index (χ0n) is 7.49. The molecule has 72 valence electrons. The normalized spacial score (nSPS) is 24.2. The smallest absolute Gasteiger partial charge is 0.223 e. The van der Waals surface area contributed by atoms with Crippen LogP contribution in [0.2, 0.25) is 0 Å². The molecule has 1 amide bonds. The first kappa shape index (κ1) is 9.96. The predicted molar refractivity (Wildman–Crippen MR) is 46.3 cm³/mol. The highest BCUT2D eigenvalue weighted by molar-refractivity contribution is 5.80. The summed E-state index contributed by atoms with van der Waals surface area (Å²) in [5.41, 5.74) is 0. The molecule has 1 saturated heterocycles. The van der Waals surface area contributed by atoms with Gasteiger partial charge in [0.1, 0.15) is 0 Å². The van der Waals surface area contributed by atoms with E-state index in [2.05, 4.69) is 5.32 Å². The average Bonchev–Trinajstić information content (AvgIpc) is 2.46. The van der Waals surface area contributed by atoms with E-state index >= 15 is 0 Å². The summed E-state index contributed by atoms with van der Waals surface area (Å²) < 4.78 is 0. The minimum absolute atomic E-state index is 0.0397. The second-order valence-corrected chi connectivity index (χ2v) is 3.20. The van der Waals surface area contributed by atoms with Gasteiger partial charge in [0.15, 0.2) is 0 Å². The maximum absolute atomic E-state index is 11.1. The van der Waals surface area contributed by atoms with Crippen molar-refractivity contribution in [1.82, 2.24) is 10.4 Å². The van der Waals surface area contributed by atoms with Crippen molar-refractivity contribution in [3.8, 4) is 6.07 Å². The van der Waals surface area contributed by atoms with Gasteiger partial charge in [-0.2, -0.15) is 5.26 Å². The van der Waals surface area contributed by atoms with Gasteiger partial charge in [-0.15, -0.1) is 0 Å². The fraction of sp³-hybridized carbons (Fsp3) is 0.750. The number of hydrogen-bond donors (Lipinski definition) is 1. The molecule has 13 heavy (non-hydrogen) atoms. The Morgan fingerprint density at radius 2 is 2.62 bits per heavy atom. The van der Waals surface area contributed by atoms with Crippen LogP contribution in [-0.4, -0.2) is 30.6 Å². The summed E-state index contributed by atoms with van der Waals surface area (Å²) in [6.07, 6.45) is 1.06. The van der Waals surface area contributed by atoms with Gasteiger partial charge in [0.25, 0.3) is 0 Å². The Balaban J connectivity index is 2.47. The van der Waals surface area contributed by atoms with Gasteiger partial charge in [-0.05, 0) is 19.9 Å². The molecular weight excluding hydrogens is 170 g/mol. The third-order valence-electron chi connectivity index (χ3n) is 2.26. The van der Waals surface area contributed by atoms with Gasteiger partial charge in [-0.25, -0.2) is 0 Å². The molecule has 0 aromatic carbocycles. The van der Waals surface area contributed by atoms with Crippen molar-refractivity contribution >= 4 is 5.91 Å². The lowest BCUT2D eigenvalue weighted by Gasteiger charge is -2.28. The molecule has 0 bridgehead atoms. The molecule has 0 radical (unpaired) electrons.